The maximum Gasteiger partial charge on any atom is 0.123 e. The Labute approximate surface area is 115 Å². The Morgan fingerprint density at radius 3 is 1.74 bits per heavy atom. The molecular formula is C16H23N3. The van der Waals surface area contributed by atoms with Crippen molar-refractivity contribution in [2.45, 2.75) is 39.5 Å². The number of aromatic nitrogens is 2. The van der Waals surface area contributed by atoms with Crippen molar-refractivity contribution in [3.63, 3.8) is 0 Å². The van der Waals surface area contributed by atoms with E-state index in [4.69, 9.17) is 5.73 Å². The first-order chi connectivity index (χ1) is 9.00. The SMILES string of the molecule is CC(C)c1ccnc(N)c1.CC(C)c1ccncc1. The Morgan fingerprint density at radius 2 is 1.37 bits per heavy atom. The minimum atomic E-state index is 0.533. The van der Waals surface area contributed by atoms with Gasteiger partial charge in [-0.05, 0) is 47.2 Å². The average molecular weight is 257 g/mol. The van der Waals surface area contributed by atoms with Crippen molar-refractivity contribution < 1.29 is 0 Å². The number of nitrogens with zero attached hydrogens (tertiary/aromatic N) is 2. The first kappa shape index (κ1) is 15.2. The highest BCUT2D eigenvalue weighted by atomic mass is 14.8. The second-order valence-corrected chi connectivity index (χ2v) is 5.10. The van der Waals surface area contributed by atoms with Gasteiger partial charge in [0.05, 0.1) is 0 Å². The number of pyridine rings is 2. The van der Waals surface area contributed by atoms with Crippen LogP contribution in [0.5, 0.6) is 0 Å². The van der Waals surface area contributed by atoms with Crippen LogP contribution >= 0.6 is 0 Å². The topological polar surface area (TPSA) is 51.8 Å². The highest BCUT2D eigenvalue weighted by Gasteiger charge is 1.97. The fourth-order valence-electron chi connectivity index (χ4n) is 1.57. The summed E-state index contributed by atoms with van der Waals surface area (Å²) in [5, 5.41) is 0. The van der Waals surface area contributed by atoms with Gasteiger partial charge in [-0.3, -0.25) is 4.98 Å². The van der Waals surface area contributed by atoms with Gasteiger partial charge in [-0.25, -0.2) is 4.98 Å². The van der Waals surface area contributed by atoms with Crippen molar-refractivity contribution in [2.24, 2.45) is 0 Å². The molecule has 3 heteroatoms. The third kappa shape index (κ3) is 5.51. The third-order valence-electron chi connectivity index (χ3n) is 2.84. The second kappa shape index (κ2) is 7.52. The van der Waals surface area contributed by atoms with Crippen LogP contribution in [0.3, 0.4) is 0 Å². The second-order valence-electron chi connectivity index (χ2n) is 5.10. The zero-order chi connectivity index (χ0) is 14.3. The van der Waals surface area contributed by atoms with E-state index in [1.54, 1.807) is 6.20 Å². The molecule has 0 saturated heterocycles. The van der Waals surface area contributed by atoms with Crippen molar-refractivity contribution >= 4 is 5.82 Å². The molecule has 0 spiro atoms. The molecule has 0 aliphatic heterocycles. The van der Waals surface area contributed by atoms with Crippen LogP contribution in [0.1, 0.15) is 50.7 Å². The van der Waals surface area contributed by atoms with Gasteiger partial charge in [0.1, 0.15) is 5.82 Å². The molecule has 0 unspecified atom stereocenters. The van der Waals surface area contributed by atoms with Crippen LogP contribution in [0.15, 0.2) is 42.9 Å². The van der Waals surface area contributed by atoms with Crippen LogP contribution in [0.2, 0.25) is 0 Å². The first-order valence-corrected chi connectivity index (χ1v) is 6.62. The average Bonchev–Trinajstić information content (AvgIpc) is 2.40. The van der Waals surface area contributed by atoms with E-state index in [9.17, 15) is 0 Å². The van der Waals surface area contributed by atoms with Gasteiger partial charge < -0.3 is 5.73 Å². The summed E-state index contributed by atoms with van der Waals surface area (Å²) in [5.74, 6) is 1.75. The zero-order valence-corrected chi connectivity index (χ0v) is 12.2. The van der Waals surface area contributed by atoms with Gasteiger partial charge in [-0.15, -0.1) is 0 Å². The van der Waals surface area contributed by atoms with Crippen LogP contribution in [0.25, 0.3) is 0 Å². The molecule has 2 rings (SSSR count). The standard InChI is InChI=1S/C8H12N2.C8H11N/c1-6(2)7-3-4-10-8(9)5-7;1-7(2)8-3-5-9-6-4-8/h3-6H,1-2H3,(H2,9,10);3-7H,1-2H3. The smallest absolute Gasteiger partial charge is 0.123 e. The molecule has 0 amide bonds. The largest absolute Gasteiger partial charge is 0.384 e. The van der Waals surface area contributed by atoms with E-state index >= 15 is 0 Å². The van der Waals surface area contributed by atoms with Gasteiger partial charge in [-0.2, -0.15) is 0 Å². The van der Waals surface area contributed by atoms with Gasteiger partial charge in [0, 0.05) is 18.6 Å². The number of hydrogen-bond donors (Lipinski definition) is 1. The lowest BCUT2D eigenvalue weighted by Crippen LogP contribution is -1.93. The predicted octanol–water partition coefficient (Wildman–Crippen LogP) is 3.99. The molecule has 0 atom stereocenters. The van der Waals surface area contributed by atoms with Crippen LogP contribution in [0.4, 0.5) is 5.82 Å². The molecule has 2 aromatic rings. The van der Waals surface area contributed by atoms with Crippen molar-refractivity contribution in [3.8, 4) is 0 Å². The highest BCUT2D eigenvalue weighted by molar-refractivity contribution is 5.33. The van der Waals surface area contributed by atoms with Gasteiger partial charge >= 0.3 is 0 Å². The van der Waals surface area contributed by atoms with E-state index in [1.165, 1.54) is 11.1 Å². The molecule has 0 fully saturated rings. The summed E-state index contributed by atoms with van der Waals surface area (Å²) >= 11 is 0. The molecule has 0 bridgehead atoms. The molecule has 2 N–H and O–H groups in total. The molecule has 3 nitrogen and oxygen atoms in total. The molecule has 0 saturated carbocycles. The lowest BCUT2D eigenvalue weighted by Gasteiger charge is -2.03. The lowest BCUT2D eigenvalue weighted by atomic mass is 10.1. The Bertz CT molecular complexity index is 478. The fraction of sp³-hybridized carbons (Fsp3) is 0.375. The van der Waals surface area contributed by atoms with Gasteiger partial charge in [0.25, 0.3) is 0 Å². The summed E-state index contributed by atoms with van der Waals surface area (Å²) in [6.07, 6.45) is 5.40. The van der Waals surface area contributed by atoms with E-state index in [2.05, 4.69) is 37.7 Å². The van der Waals surface area contributed by atoms with Crippen molar-refractivity contribution in [1.82, 2.24) is 9.97 Å². The van der Waals surface area contributed by atoms with E-state index in [0.29, 0.717) is 17.7 Å². The van der Waals surface area contributed by atoms with Gasteiger partial charge in [-0.1, -0.05) is 27.7 Å². The number of rotatable bonds is 2. The Morgan fingerprint density at radius 1 is 0.842 bits per heavy atom. The monoisotopic (exact) mass is 257 g/mol. The molecular weight excluding hydrogens is 234 g/mol. The summed E-state index contributed by atoms with van der Waals surface area (Å²) in [6.45, 7) is 8.62. The summed E-state index contributed by atoms with van der Waals surface area (Å²) in [4.78, 5) is 7.83. The summed E-state index contributed by atoms with van der Waals surface area (Å²) in [6, 6.07) is 7.99. The minimum Gasteiger partial charge on any atom is -0.384 e. The van der Waals surface area contributed by atoms with Crippen molar-refractivity contribution in [3.05, 3.63) is 54.0 Å². The highest BCUT2D eigenvalue weighted by Crippen LogP contribution is 2.14. The molecule has 0 aliphatic carbocycles. The number of anilines is 1. The van der Waals surface area contributed by atoms with Crippen LogP contribution in [-0.4, -0.2) is 9.97 Å². The van der Waals surface area contributed by atoms with E-state index < -0.39 is 0 Å². The summed E-state index contributed by atoms with van der Waals surface area (Å²) < 4.78 is 0. The molecule has 0 aliphatic rings. The molecule has 2 aromatic heterocycles. The summed E-state index contributed by atoms with van der Waals surface area (Å²) in [7, 11) is 0. The third-order valence-corrected chi connectivity index (χ3v) is 2.84. The quantitative estimate of drug-likeness (QED) is 0.885. The number of hydrogen-bond acceptors (Lipinski definition) is 3. The zero-order valence-electron chi connectivity index (χ0n) is 12.2. The maximum absolute atomic E-state index is 5.49. The van der Waals surface area contributed by atoms with Gasteiger partial charge in [0.15, 0.2) is 0 Å². The van der Waals surface area contributed by atoms with Crippen molar-refractivity contribution in [1.29, 1.82) is 0 Å². The molecule has 102 valence electrons. The Hall–Kier alpha value is -1.90. The number of nitrogen functional groups attached to an aromatic ring is 1. The lowest BCUT2D eigenvalue weighted by molar-refractivity contribution is 0.863. The Balaban J connectivity index is 0.000000191. The van der Waals surface area contributed by atoms with Crippen LogP contribution in [-0.2, 0) is 0 Å². The first-order valence-electron chi connectivity index (χ1n) is 6.62. The van der Waals surface area contributed by atoms with Gasteiger partial charge in [0.2, 0.25) is 0 Å². The van der Waals surface area contributed by atoms with Crippen molar-refractivity contribution in [2.75, 3.05) is 5.73 Å². The van der Waals surface area contributed by atoms with E-state index in [1.807, 2.05) is 36.7 Å². The fourth-order valence-corrected chi connectivity index (χ4v) is 1.57. The van der Waals surface area contributed by atoms with E-state index in [-0.39, 0.29) is 0 Å². The number of nitrogens with two attached hydrogens (primary N) is 1. The predicted molar refractivity (Wildman–Crippen MR) is 81.1 cm³/mol. The maximum atomic E-state index is 5.49. The Kier molecular flexibility index (Phi) is 6.00. The molecule has 19 heavy (non-hydrogen) atoms. The van der Waals surface area contributed by atoms with E-state index in [0.717, 1.165) is 0 Å². The molecule has 0 radical (unpaired) electrons. The summed E-state index contributed by atoms with van der Waals surface area (Å²) in [5.41, 5.74) is 8.08. The van der Waals surface area contributed by atoms with Crippen LogP contribution < -0.4 is 5.73 Å². The molecule has 0 aromatic carbocycles. The van der Waals surface area contributed by atoms with Crippen LogP contribution in [0, 0.1) is 0 Å². The minimum absolute atomic E-state index is 0.533. The normalized spacial score (nSPS) is 10.2. The molecule has 2 heterocycles.